The molecule has 102 valence electrons. The highest BCUT2D eigenvalue weighted by atomic mass is 16.2. The molecule has 1 amide bonds. The molecule has 3 heteroatoms. The highest BCUT2D eigenvalue weighted by Crippen LogP contribution is 2.36. The molecule has 0 bridgehead atoms. The highest BCUT2D eigenvalue weighted by Gasteiger charge is 2.36. The quantitative estimate of drug-likeness (QED) is 0.901. The molecule has 1 saturated carbocycles. The maximum absolute atomic E-state index is 12.7. The Kier molecular flexibility index (Phi) is 3.31. The molecule has 0 spiro atoms. The van der Waals surface area contributed by atoms with Crippen molar-refractivity contribution in [3.63, 3.8) is 0 Å². The predicted octanol–water partition coefficient (Wildman–Crippen LogP) is 2.13. The molecule has 1 aromatic rings. The van der Waals surface area contributed by atoms with E-state index in [1.54, 1.807) is 0 Å². The average Bonchev–Trinajstić information content (AvgIpc) is 3.29. The SMILES string of the molecule is CC(C1CC1)N(C)C(=O)C1CNCc2ccccc21. The topological polar surface area (TPSA) is 32.3 Å². The zero-order valence-corrected chi connectivity index (χ0v) is 11.7. The second-order valence-corrected chi connectivity index (χ2v) is 5.91. The molecule has 1 aromatic carbocycles. The molecule has 1 N–H and O–H groups in total. The minimum atomic E-state index is -0.0175. The van der Waals surface area contributed by atoms with Gasteiger partial charge in [-0.25, -0.2) is 0 Å². The summed E-state index contributed by atoms with van der Waals surface area (Å²) in [6.07, 6.45) is 2.55. The van der Waals surface area contributed by atoms with Gasteiger partial charge in [-0.15, -0.1) is 0 Å². The van der Waals surface area contributed by atoms with Crippen LogP contribution in [0.5, 0.6) is 0 Å². The standard InChI is InChI=1S/C16H22N2O/c1-11(12-7-8-12)18(2)16(19)15-10-17-9-13-5-3-4-6-14(13)15/h3-6,11-12,15,17H,7-10H2,1-2H3. The molecule has 2 aliphatic rings. The van der Waals surface area contributed by atoms with Crippen LogP contribution in [0.4, 0.5) is 0 Å². The Morgan fingerprint density at radius 1 is 1.37 bits per heavy atom. The van der Waals surface area contributed by atoms with Crippen LogP contribution in [0, 0.1) is 5.92 Å². The monoisotopic (exact) mass is 258 g/mol. The third-order valence-electron chi connectivity index (χ3n) is 4.66. The molecule has 3 rings (SSSR count). The summed E-state index contributed by atoms with van der Waals surface area (Å²) in [7, 11) is 1.96. The molecule has 0 aromatic heterocycles. The van der Waals surface area contributed by atoms with Gasteiger partial charge in [0.1, 0.15) is 0 Å². The van der Waals surface area contributed by atoms with Gasteiger partial charge in [0, 0.05) is 26.2 Å². The van der Waals surface area contributed by atoms with Crippen LogP contribution in [0.25, 0.3) is 0 Å². The van der Waals surface area contributed by atoms with Gasteiger partial charge in [-0.2, -0.15) is 0 Å². The molecule has 1 aliphatic heterocycles. The number of benzene rings is 1. The number of nitrogens with one attached hydrogen (secondary N) is 1. The average molecular weight is 258 g/mol. The van der Waals surface area contributed by atoms with Crippen molar-refractivity contribution >= 4 is 5.91 Å². The number of likely N-dealkylation sites (N-methyl/N-ethyl adjacent to an activating group) is 1. The number of hydrogen-bond acceptors (Lipinski definition) is 2. The van der Waals surface area contributed by atoms with Gasteiger partial charge in [0.2, 0.25) is 5.91 Å². The van der Waals surface area contributed by atoms with E-state index in [1.807, 2.05) is 24.1 Å². The Balaban J connectivity index is 1.80. The van der Waals surface area contributed by atoms with Crippen LogP contribution in [-0.2, 0) is 11.3 Å². The summed E-state index contributed by atoms with van der Waals surface area (Å²) in [5.41, 5.74) is 2.47. The van der Waals surface area contributed by atoms with E-state index in [9.17, 15) is 4.79 Å². The van der Waals surface area contributed by atoms with E-state index < -0.39 is 0 Å². The van der Waals surface area contributed by atoms with Gasteiger partial charge >= 0.3 is 0 Å². The van der Waals surface area contributed by atoms with Gasteiger partial charge in [-0.05, 0) is 36.8 Å². The molecule has 1 fully saturated rings. The van der Waals surface area contributed by atoms with Crippen LogP contribution in [0.3, 0.4) is 0 Å². The van der Waals surface area contributed by atoms with Crippen LogP contribution >= 0.6 is 0 Å². The number of amides is 1. The fraction of sp³-hybridized carbons (Fsp3) is 0.562. The number of nitrogens with zero attached hydrogens (tertiary/aromatic N) is 1. The van der Waals surface area contributed by atoms with E-state index >= 15 is 0 Å². The fourth-order valence-corrected chi connectivity index (χ4v) is 3.06. The predicted molar refractivity (Wildman–Crippen MR) is 75.8 cm³/mol. The number of hydrogen-bond donors (Lipinski definition) is 1. The zero-order valence-electron chi connectivity index (χ0n) is 11.7. The smallest absolute Gasteiger partial charge is 0.231 e. The van der Waals surface area contributed by atoms with Crippen molar-refractivity contribution in [2.45, 2.75) is 38.3 Å². The Morgan fingerprint density at radius 2 is 2.11 bits per heavy atom. The first-order valence-electron chi connectivity index (χ1n) is 7.23. The lowest BCUT2D eigenvalue weighted by Gasteiger charge is -2.32. The van der Waals surface area contributed by atoms with Crippen molar-refractivity contribution in [2.75, 3.05) is 13.6 Å². The lowest BCUT2D eigenvalue weighted by Crippen LogP contribution is -2.44. The first-order chi connectivity index (χ1) is 9.18. The normalized spacial score (nSPS) is 23.6. The molecule has 2 unspecified atom stereocenters. The highest BCUT2D eigenvalue weighted by molar-refractivity contribution is 5.84. The second-order valence-electron chi connectivity index (χ2n) is 5.91. The lowest BCUT2D eigenvalue weighted by molar-refractivity contribution is -0.133. The van der Waals surface area contributed by atoms with Crippen LogP contribution in [-0.4, -0.2) is 30.4 Å². The fourth-order valence-electron chi connectivity index (χ4n) is 3.06. The minimum Gasteiger partial charge on any atom is -0.342 e. The van der Waals surface area contributed by atoms with Crippen LogP contribution < -0.4 is 5.32 Å². The van der Waals surface area contributed by atoms with Crippen molar-refractivity contribution in [1.29, 1.82) is 0 Å². The first-order valence-corrected chi connectivity index (χ1v) is 7.23. The molecule has 0 radical (unpaired) electrons. The molecule has 1 aliphatic carbocycles. The molecule has 0 saturated heterocycles. The number of rotatable bonds is 3. The summed E-state index contributed by atoms with van der Waals surface area (Å²) in [6.45, 7) is 3.82. The van der Waals surface area contributed by atoms with Crippen molar-refractivity contribution in [3.05, 3.63) is 35.4 Å². The number of carbonyl (C=O) groups is 1. The summed E-state index contributed by atoms with van der Waals surface area (Å²) in [6, 6.07) is 8.68. The van der Waals surface area contributed by atoms with Crippen molar-refractivity contribution < 1.29 is 4.79 Å². The lowest BCUT2D eigenvalue weighted by atomic mass is 9.89. The Bertz CT molecular complexity index is 481. The van der Waals surface area contributed by atoms with Gasteiger partial charge in [0.15, 0.2) is 0 Å². The summed E-state index contributed by atoms with van der Waals surface area (Å²) in [4.78, 5) is 14.7. The summed E-state index contributed by atoms with van der Waals surface area (Å²) >= 11 is 0. The van der Waals surface area contributed by atoms with E-state index in [0.717, 1.165) is 19.0 Å². The Labute approximate surface area is 115 Å². The molecule has 19 heavy (non-hydrogen) atoms. The number of fused-ring (bicyclic) bond motifs is 1. The van der Waals surface area contributed by atoms with E-state index in [0.29, 0.717) is 6.04 Å². The van der Waals surface area contributed by atoms with E-state index in [2.05, 4.69) is 24.4 Å². The maximum atomic E-state index is 12.7. The van der Waals surface area contributed by atoms with Crippen molar-refractivity contribution in [3.8, 4) is 0 Å². The maximum Gasteiger partial charge on any atom is 0.231 e. The summed E-state index contributed by atoms with van der Waals surface area (Å²) in [5, 5.41) is 3.36. The third kappa shape index (κ3) is 2.39. The summed E-state index contributed by atoms with van der Waals surface area (Å²) < 4.78 is 0. The Hall–Kier alpha value is -1.35. The van der Waals surface area contributed by atoms with Crippen LogP contribution in [0.1, 0.15) is 36.8 Å². The van der Waals surface area contributed by atoms with Gasteiger partial charge in [-0.3, -0.25) is 4.79 Å². The molecular weight excluding hydrogens is 236 g/mol. The molecular formula is C16H22N2O. The van der Waals surface area contributed by atoms with Gasteiger partial charge < -0.3 is 10.2 Å². The van der Waals surface area contributed by atoms with E-state index in [1.165, 1.54) is 24.0 Å². The van der Waals surface area contributed by atoms with E-state index in [4.69, 9.17) is 0 Å². The molecule has 1 heterocycles. The van der Waals surface area contributed by atoms with Crippen molar-refractivity contribution in [1.82, 2.24) is 10.2 Å². The van der Waals surface area contributed by atoms with Gasteiger partial charge in [0.05, 0.1) is 5.92 Å². The first kappa shape index (κ1) is 12.7. The third-order valence-corrected chi connectivity index (χ3v) is 4.66. The van der Waals surface area contributed by atoms with E-state index in [-0.39, 0.29) is 11.8 Å². The largest absolute Gasteiger partial charge is 0.342 e. The molecule has 3 nitrogen and oxygen atoms in total. The molecule has 2 atom stereocenters. The number of carbonyl (C=O) groups excluding carboxylic acids is 1. The second kappa shape index (κ2) is 4.97. The minimum absolute atomic E-state index is 0.0175. The summed E-state index contributed by atoms with van der Waals surface area (Å²) in [5.74, 6) is 0.968. The van der Waals surface area contributed by atoms with Crippen molar-refractivity contribution in [2.24, 2.45) is 5.92 Å². The van der Waals surface area contributed by atoms with Gasteiger partial charge in [-0.1, -0.05) is 24.3 Å². The van der Waals surface area contributed by atoms with Gasteiger partial charge in [0.25, 0.3) is 0 Å². The van der Waals surface area contributed by atoms with Crippen LogP contribution in [0.2, 0.25) is 0 Å². The Morgan fingerprint density at radius 3 is 2.84 bits per heavy atom. The van der Waals surface area contributed by atoms with Crippen LogP contribution in [0.15, 0.2) is 24.3 Å². The zero-order chi connectivity index (χ0) is 13.4.